The molecule has 0 fully saturated rings. The molecule has 6 nitrogen and oxygen atoms in total. The highest BCUT2D eigenvalue weighted by Gasteiger charge is 2.12. The Morgan fingerprint density at radius 1 is 1.35 bits per heavy atom. The third kappa shape index (κ3) is 5.06. The minimum absolute atomic E-state index is 0.0466. The maximum absolute atomic E-state index is 12.1. The molecular formula is C16H23N5OS. The summed E-state index contributed by atoms with van der Waals surface area (Å²) in [7, 11) is 0. The highest BCUT2D eigenvalue weighted by Crippen LogP contribution is 2.17. The zero-order valence-corrected chi connectivity index (χ0v) is 14.9. The second kappa shape index (κ2) is 8.10. The van der Waals surface area contributed by atoms with Gasteiger partial charge in [0.15, 0.2) is 5.16 Å². The van der Waals surface area contributed by atoms with E-state index in [1.165, 1.54) is 11.8 Å². The Labute approximate surface area is 141 Å². The highest BCUT2D eigenvalue weighted by atomic mass is 32.2. The molecule has 0 aliphatic heterocycles. The lowest BCUT2D eigenvalue weighted by Gasteiger charge is -2.15. The zero-order valence-electron chi connectivity index (χ0n) is 14.0. The summed E-state index contributed by atoms with van der Waals surface area (Å²) < 4.78 is 1.95. The maximum Gasteiger partial charge on any atom is 0.220 e. The van der Waals surface area contributed by atoms with Gasteiger partial charge in [-0.2, -0.15) is 0 Å². The number of nitrogens with one attached hydrogen (secondary N) is 1. The van der Waals surface area contributed by atoms with E-state index < -0.39 is 0 Å². The van der Waals surface area contributed by atoms with Gasteiger partial charge in [0.1, 0.15) is 0 Å². The summed E-state index contributed by atoms with van der Waals surface area (Å²) >= 11 is 1.53. The number of hydrogen-bond donors (Lipinski definition) is 1. The van der Waals surface area contributed by atoms with Crippen molar-refractivity contribution < 1.29 is 4.79 Å². The van der Waals surface area contributed by atoms with Crippen molar-refractivity contribution in [3.05, 3.63) is 35.7 Å². The van der Waals surface area contributed by atoms with Crippen molar-refractivity contribution in [3.8, 4) is 0 Å². The fraction of sp³-hybridized carbons (Fsp3) is 0.500. The number of aryl methyl sites for hydroxylation is 2. The summed E-state index contributed by atoms with van der Waals surface area (Å²) in [6.45, 7) is 6.66. The third-order valence-corrected chi connectivity index (χ3v) is 4.18. The summed E-state index contributed by atoms with van der Waals surface area (Å²) in [5, 5.41) is 3.80. The van der Waals surface area contributed by atoms with Gasteiger partial charge in [0.2, 0.25) is 5.91 Å². The van der Waals surface area contributed by atoms with E-state index >= 15 is 0 Å². The van der Waals surface area contributed by atoms with Crippen LogP contribution >= 0.6 is 11.8 Å². The molecular weight excluding hydrogens is 310 g/mol. The average Bonchev–Trinajstić information content (AvgIpc) is 2.98. The second-order valence-corrected chi connectivity index (χ2v) is 6.36. The molecule has 0 saturated carbocycles. The minimum atomic E-state index is 0.0466. The zero-order chi connectivity index (χ0) is 16.8. The van der Waals surface area contributed by atoms with Crippen LogP contribution in [0, 0.1) is 13.8 Å². The van der Waals surface area contributed by atoms with Gasteiger partial charge in [-0.3, -0.25) is 4.79 Å². The van der Waals surface area contributed by atoms with Gasteiger partial charge in [0.05, 0.1) is 6.33 Å². The predicted octanol–water partition coefficient (Wildman–Crippen LogP) is 2.15. The Kier molecular flexibility index (Phi) is 6.15. The van der Waals surface area contributed by atoms with Crippen LogP contribution in [0.3, 0.4) is 0 Å². The molecule has 0 radical (unpaired) electrons. The first-order valence-electron chi connectivity index (χ1n) is 7.62. The molecule has 2 heterocycles. The Morgan fingerprint density at radius 2 is 2.04 bits per heavy atom. The van der Waals surface area contributed by atoms with Gasteiger partial charge in [-0.15, -0.1) is 0 Å². The van der Waals surface area contributed by atoms with Crippen molar-refractivity contribution in [3.63, 3.8) is 0 Å². The number of thioether (sulfide) groups is 1. The molecule has 0 spiro atoms. The Balaban J connectivity index is 1.87. The molecule has 2 aromatic rings. The number of carbonyl (C=O) groups is 1. The SMILES string of the molecule is CSc1nc(C)c(CCC(=O)N[C@@H](C)Cn2ccnc2)c(C)n1. The van der Waals surface area contributed by atoms with Gasteiger partial charge in [-0.25, -0.2) is 15.0 Å². The summed E-state index contributed by atoms with van der Waals surface area (Å²) in [5.41, 5.74) is 2.99. The molecule has 0 bridgehead atoms. The van der Waals surface area contributed by atoms with Gasteiger partial charge in [0, 0.05) is 42.8 Å². The molecule has 2 aromatic heterocycles. The summed E-state index contributed by atoms with van der Waals surface area (Å²) in [5.74, 6) is 0.0466. The second-order valence-electron chi connectivity index (χ2n) is 5.59. The van der Waals surface area contributed by atoms with Crippen molar-refractivity contribution in [2.75, 3.05) is 6.26 Å². The van der Waals surface area contributed by atoms with Crippen molar-refractivity contribution in [1.29, 1.82) is 0 Å². The molecule has 2 rings (SSSR count). The molecule has 1 atom stereocenters. The quantitative estimate of drug-likeness (QED) is 0.621. The standard InChI is InChI=1S/C16H23N5OS/c1-11(9-21-8-7-17-10-21)18-15(22)6-5-14-12(2)19-16(23-4)20-13(14)3/h7-8,10-11H,5-6,9H2,1-4H3,(H,18,22)/t11-/m0/s1. The highest BCUT2D eigenvalue weighted by molar-refractivity contribution is 7.98. The molecule has 0 saturated heterocycles. The van der Waals surface area contributed by atoms with E-state index in [-0.39, 0.29) is 11.9 Å². The molecule has 0 aromatic carbocycles. The summed E-state index contributed by atoms with van der Waals surface area (Å²) in [6, 6.07) is 0.0639. The lowest BCUT2D eigenvalue weighted by Crippen LogP contribution is -2.35. The van der Waals surface area contributed by atoms with Crippen LogP contribution < -0.4 is 5.32 Å². The lowest BCUT2D eigenvalue weighted by atomic mass is 10.1. The van der Waals surface area contributed by atoms with E-state index in [0.717, 1.165) is 28.7 Å². The van der Waals surface area contributed by atoms with E-state index in [4.69, 9.17) is 0 Å². The predicted molar refractivity (Wildman–Crippen MR) is 91.4 cm³/mol. The smallest absolute Gasteiger partial charge is 0.220 e. The fourth-order valence-corrected chi connectivity index (χ4v) is 2.96. The monoisotopic (exact) mass is 333 g/mol. The normalized spacial score (nSPS) is 12.2. The minimum Gasteiger partial charge on any atom is -0.352 e. The third-order valence-electron chi connectivity index (χ3n) is 3.64. The molecule has 0 aliphatic carbocycles. The summed E-state index contributed by atoms with van der Waals surface area (Å²) in [4.78, 5) is 25.0. The first-order valence-corrected chi connectivity index (χ1v) is 8.85. The topological polar surface area (TPSA) is 72.7 Å². The number of rotatable bonds is 7. The van der Waals surface area contributed by atoms with Crippen LogP contribution in [0.5, 0.6) is 0 Å². The fourth-order valence-electron chi connectivity index (χ4n) is 2.50. The Morgan fingerprint density at radius 3 is 2.61 bits per heavy atom. The van der Waals surface area contributed by atoms with E-state index in [2.05, 4.69) is 20.3 Å². The first kappa shape index (κ1) is 17.5. The van der Waals surface area contributed by atoms with Gasteiger partial charge >= 0.3 is 0 Å². The molecule has 124 valence electrons. The molecule has 1 amide bonds. The van der Waals surface area contributed by atoms with Crippen LogP contribution in [-0.4, -0.2) is 37.7 Å². The number of nitrogens with zero attached hydrogens (tertiary/aromatic N) is 4. The van der Waals surface area contributed by atoms with Crippen molar-refractivity contribution in [2.45, 2.75) is 51.4 Å². The van der Waals surface area contributed by atoms with E-state index in [0.29, 0.717) is 12.8 Å². The Bertz CT molecular complexity index is 633. The largest absolute Gasteiger partial charge is 0.352 e. The molecule has 7 heteroatoms. The van der Waals surface area contributed by atoms with E-state index in [9.17, 15) is 4.79 Å². The average molecular weight is 333 g/mol. The molecule has 0 aliphatic rings. The maximum atomic E-state index is 12.1. The lowest BCUT2D eigenvalue weighted by molar-refractivity contribution is -0.121. The Hall–Kier alpha value is -1.89. The summed E-state index contributed by atoms with van der Waals surface area (Å²) in [6.07, 6.45) is 8.44. The van der Waals surface area contributed by atoms with Crippen molar-refractivity contribution in [2.24, 2.45) is 0 Å². The first-order chi connectivity index (χ1) is 11.0. The van der Waals surface area contributed by atoms with Gasteiger partial charge in [-0.1, -0.05) is 11.8 Å². The van der Waals surface area contributed by atoms with E-state index in [1.54, 1.807) is 12.5 Å². The van der Waals surface area contributed by atoms with E-state index in [1.807, 2.05) is 37.8 Å². The van der Waals surface area contributed by atoms with Gasteiger partial charge in [-0.05, 0) is 39.0 Å². The van der Waals surface area contributed by atoms with Crippen LogP contribution in [0.2, 0.25) is 0 Å². The number of amides is 1. The van der Waals surface area contributed by atoms with Gasteiger partial charge < -0.3 is 9.88 Å². The molecule has 0 unspecified atom stereocenters. The van der Waals surface area contributed by atoms with Crippen LogP contribution in [0.25, 0.3) is 0 Å². The van der Waals surface area contributed by atoms with Crippen LogP contribution in [0.4, 0.5) is 0 Å². The number of imidazole rings is 1. The number of hydrogen-bond acceptors (Lipinski definition) is 5. The number of aromatic nitrogens is 4. The molecule has 1 N–H and O–H groups in total. The number of carbonyl (C=O) groups excluding carboxylic acids is 1. The van der Waals surface area contributed by atoms with Crippen LogP contribution in [0.15, 0.2) is 23.9 Å². The van der Waals surface area contributed by atoms with Crippen molar-refractivity contribution >= 4 is 17.7 Å². The van der Waals surface area contributed by atoms with Crippen molar-refractivity contribution in [1.82, 2.24) is 24.8 Å². The van der Waals surface area contributed by atoms with Crippen LogP contribution in [0.1, 0.15) is 30.3 Å². The van der Waals surface area contributed by atoms with Gasteiger partial charge in [0.25, 0.3) is 0 Å². The van der Waals surface area contributed by atoms with Crippen LogP contribution in [-0.2, 0) is 17.8 Å². The molecule has 23 heavy (non-hydrogen) atoms.